The van der Waals surface area contributed by atoms with Crippen molar-refractivity contribution in [1.29, 1.82) is 0 Å². The van der Waals surface area contributed by atoms with Gasteiger partial charge in [-0.1, -0.05) is 18.2 Å². The van der Waals surface area contributed by atoms with E-state index in [1.807, 2.05) is 36.5 Å². The molecule has 0 aliphatic heterocycles. The summed E-state index contributed by atoms with van der Waals surface area (Å²) >= 11 is 0. The number of methoxy groups -OCH3 is 1. The summed E-state index contributed by atoms with van der Waals surface area (Å²) in [6.45, 7) is 0. The molecule has 134 valence electrons. The average molecular weight is 361 g/mol. The summed E-state index contributed by atoms with van der Waals surface area (Å²) in [4.78, 5) is 19.1. The van der Waals surface area contributed by atoms with Crippen molar-refractivity contribution in [3.8, 4) is 28.0 Å². The molecule has 0 unspecified atom stereocenters. The molecule has 0 saturated heterocycles. The number of hydrogen-bond donors (Lipinski definition) is 3. The maximum Gasteiger partial charge on any atom is 0.254 e. The lowest BCUT2D eigenvalue weighted by atomic mass is 10.0. The largest absolute Gasteiger partial charge is 0.496 e. The van der Waals surface area contributed by atoms with Crippen LogP contribution in [-0.2, 0) is 0 Å². The van der Waals surface area contributed by atoms with E-state index in [9.17, 15) is 10.0 Å². The average Bonchev–Trinajstić information content (AvgIpc) is 3.10. The lowest BCUT2D eigenvalue weighted by molar-refractivity contribution is -0.904. The minimum Gasteiger partial charge on any atom is -0.496 e. The number of nitrogens with one attached hydrogen (secondary N) is 1. The van der Waals surface area contributed by atoms with Crippen molar-refractivity contribution in [2.45, 2.75) is 0 Å². The summed E-state index contributed by atoms with van der Waals surface area (Å²) in [6, 6.07) is 11.3. The number of ether oxygens (including phenoxy) is 1. The van der Waals surface area contributed by atoms with Crippen molar-refractivity contribution in [2.24, 2.45) is 5.73 Å². The maximum atomic E-state index is 11.5. The molecule has 0 spiro atoms. The van der Waals surface area contributed by atoms with Crippen LogP contribution in [0.15, 0.2) is 61.2 Å². The normalized spacial score (nSPS) is 10.9. The Balaban J connectivity index is 1.90. The van der Waals surface area contributed by atoms with E-state index in [0.29, 0.717) is 5.56 Å². The Morgan fingerprint density at radius 2 is 2.00 bits per heavy atom. The van der Waals surface area contributed by atoms with Crippen LogP contribution in [0.5, 0.6) is 5.75 Å². The lowest BCUT2D eigenvalue weighted by Crippen LogP contribution is -2.31. The fourth-order valence-corrected chi connectivity index (χ4v) is 3.11. The topological polar surface area (TPSA) is 105 Å². The van der Waals surface area contributed by atoms with Crippen LogP contribution in [0.1, 0.15) is 10.4 Å². The number of aromatic amines is 1. The number of amides is 1. The van der Waals surface area contributed by atoms with Crippen LogP contribution < -0.4 is 15.2 Å². The molecule has 3 heterocycles. The van der Waals surface area contributed by atoms with Crippen LogP contribution in [0.4, 0.5) is 0 Å². The highest BCUT2D eigenvalue weighted by Gasteiger charge is 2.16. The second-order valence-corrected chi connectivity index (χ2v) is 6.08. The molecule has 0 saturated carbocycles. The van der Waals surface area contributed by atoms with Crippen LogP contribution >= 0.6 is 0 Å². The van der Waals surface area contributed by atoms with E-state index < -0.39 is 5.91 Å². The van der Waals surface area contributed by atoms with Gasteiger partial charge in [-0.3, -0.25) is 10.0 Å². The van der Waals surface area contributed by atoms with Gasteiger partial charge < -0.3 is 15.5 Å². The summed E-state index contributed by atoms with van der Waals surface area (Å²) in [5.41, 5.74) is 9.51. The zero-order valence-electron chi connectivity index (χ0n) is 14.5. The highest BCUT2D eigenvalue weighted by molar-refractivity contribution is 5.98. The number of H-pyrrole nitrogens is 1. The van der Waals surface area contributed by atoms with E-state index in [1.54, 1.807) is 19.4 Å². The first-order chi connectivity index (χ1) is 13.1. The molecule has 0 fully saturated rings. The first-order valence-corrected chi connectivity index (χ1v) is 8.23. The molecule has 3 aromatic heterocycles. The minimum absolute atomic E-state index is 0.203. The number of aromatic nitrogens is 3. The van der Waals surface area contributed by atoms with Crippen molar-refractivity contribution in [2.75, 3.05) is 7.11 Å². The van der Waals surface area contributed by atoms with E-state index in [1.165, 1.54) is 12.4 Å². The Bertz CT molecular complexity index is 1170. The molecule has 0 bridgehead atoms. The van der Waals surface area contributed by atoms with Crippen molar-refractivity contribution in [1.82, 2.24) is 9.97 Å². The number of primary amides is 1. The Hall–Kier alpha value is -3.87. The lowest BCUT2D eigenvalue weighted by Gasteiger charge is -2.07. The third-order valence-electron chi connectivity index (χ3n) is 4.40. The SMILES string of the molecule is COc1ccccc1-c1c[nH]c2ncc(-c3cc(C(N)=O)c[n+](O)c3)cc12. The molecule has 1 aromatic carbocycles. The Kier molecular flexibility index (Phi) is 3.97. The van der Waals surface area contributed by atoms with Crippen LogP contribution in [0.2, 0.25) is 0 Å². The molecular formula is C20H17N4O3+. The van der Waals surface area contributed by atoms with E-state index in [-0.39, 0.29) is 5.56 Å². The van der Waals surface area contributed by atoms with Crippen LogP contribution in [0.25, 0.3) is 33.3 Å². The van der Waals surface area contributed by atoms with E-state index in [0.717, 1.165) is 38.2 Å². The van der Waals surface area contributed by atoms with Crippen molar-refractivity contribution in [3.63, 3.8) is 0 Å². The number of carbonyl (C=O) groups is 1. The smallest absolute Gasteiger partial charge is 0.254 e. The first kappa shape index (κ1) is 16.6. The zero-order chi connectivity index (χ0) is 19.0. The Morgan fingerprint density at radius 1 is 1.19 bits per heavy atom. The van der Waals surface area contributed by atoms with Gasteiger partial charge in [-0.15, -0.1) is 0 Å². The molecule has 4 rings (SSSR count). The third kappa shape index (κ3) is 2.95. The van der Waals surface area contributed by atoms with Crippen molar-refractivity contribution >= 4 is 16.9 Å². The molecule has 27 heavy (non-hydrogen) atoms. The number of fused-ring (bicyclic) bond motifs is 1. The molecule has 4 N–H and O–H groups in total. The molecule has 4 aromatic rings. The van der Waals surface area contributed by atoms with E-state index >= 15 is 0 Å². The standard InChI is InChI=1S/C20H16N4O3/c1-27-18-5-3-2-4-15(18)17-9-23-20-16(17)7-12(8-22-20)13-6-14(19(21)25)11-24(26)10-13/h2-11H,1H3,(H3-,21,22,23,25,26)/p+1. The molecular weight excluding hydrogens is 344 g/mol. The molecule has 0 radical (unpaired) electrons. The molecule has 1 amide bonds. The molecule has 0 aliphatic rings. The Morgan fingerprint density at radius 3 is 2.78 bits per heavy atom. The number of pyridine rings is 2. The highest BCUT2D eigenvalue weighted by atomic mass is 16.5. The fraction of sp³-hybridized carbons (Fsp3) is 0.0500. The first-order valence-electron chi connectivity index (χ1n) is 8.23. The van der Waals surface area contributed by atoms with Gasteiger partial charge in [0, 0.05) is 39.2 Å². The summed E-state index contributed by atoms with van der Waals surface area (Å²) < 4.78 is 6.29. The number of carbonyl (C=O) groups excluding carboxylic acids is 1. The van der Waals surface area contributed by atoms with Gasteiger partial charge in [0.1, 0.15) is 17.0 Å². The molecule has 0 aliphatic carbocycles. The number of hydrogen-bond acceptors (Lipinski definition) is 4. The summed E-state index contributed by atoms with van der Waals surface area (Å²) in [5, 5.41) is 10.7. The van der Waals surface area contributed by atoms with Crippen molar-refractivity contribution < 1.29 is 19.5 Å². The summed E-state index contributed by atoms with van der Waals surface area (Å²) in [5.74, 6) is 0.137. The quantitative estimate of drug-likeness (QED) is 0.384. The fourth-order valence-electron chi connectivity index (χ4n) is 3.11. The predicted octanol–water partition coefficient (Wildman–Crippen LogP) is 2.53. The minimum atomic E-state index is -0.620. The van der Waals surface area contributed by atoms with Gasteiger partial charge in [0.25, 0.3) is 5.91 Å². The number of rotatable bonds is 4. The van der Waals surface area contributed by atoms with Gasteiger partial charge in [0.05, 0.1) is 12.7 Å². The zero-order valence-corrected chi connectivity index (χ0v) is 14.5. The second kappa shape index (κ2) is 6.45. The number of para-hydroxylation sites is 1. The van der Waals surface area contributed by atoms with Crippen LogP contribution in [-0.4, -0.2) is 28.2 Å². The van der Waals surface area contributed by atoms with Gasteiger partial charge in [-0.05, 0) is 18.2 Å². The number of nitrogens with two attached hydrogens (primary N) is 1. The van der Waals surface area contributed by atoms with Gasteiger partial charge >= 0.3 is 0 Å². The van der Waals surface area contributed by atoms with Gasteiger partial charge in [-0.2, -0.15) is 0 Å². The van der Waals surface area contributed by atoms with Crippen LogP contribution in [0, 0.1) is 0 Å². The molecule has 0 atom stereocenters. The van der Waals surface area contributed by atoms with Gasteiger partial charge in [0.2, 0.25) is 12.4 Å². The van der Waals surface area contributed by atoms with Gasteiger partial charge in [-0.25, -0.2) is 4.98 Å². The number of nitrogens with zero attached hydrogens (tertiary/aromatic N) is 2. The van der Waals surface area contributed by atoms with E-state index in [4.69, 9.17) is 10.5 Å². The Labute approximate surface area is 154 Å². The highest BCUT2D eigenvalue weighted by Crippen LogP contribution is 2.35. The molecule has 7 heteroatoms. The monoisotopic (exact) mass is 361 g/mol. The van der Waals surface area contributed by atoms with Crippen molar-refractivity contribution in [3.05, 3.63) is 66.7 Å². The predicted molar refractivity (Wildman–Crippen MR) is 99.4 cm³/mol. The maximum absolute atomic E-state index is 11.5. The summed E-state index contributed by atoms with van der Waals surface area (Å²) in [7, 11) is 1.63. The third-order valence-corrected chi connectivity index (χ3v) is 4.40. The number of benzene rings is 1. The molecule has 7 nitrogen and oxygen atoms in total. The van der Waals surface area contributed by atoms with E-state index in [2.05, 4.69) is 9.97 Å². The summed E-state index contributed by atoms with van der Waals surface area (Å²) in [6.07, 6.45) is 6.30. The van der Waals surface area contributed by atoms with Gasteiger partial charge in [0.15, 0.2) is 0 Å². The second-order valence-electron chi connectivity index (χ2n) is 6.08. The van der Waals surface area contributed by atoms with Crippen LogP contribution in [0.3, 0.4) is 0 Å².